The predicted molar refractivity (Wildman–Crippen MR) is 126 cm³/mol. The third-order valence-electron chi connectivity index (χ3n) is 5.99. The van der Waals surface area contributed by atoms with Crippen LogP contribution in [0.15, 0.2) is 56.8 Å². The van der Waals surface area contributed by atoms with E-state index in [1.165, 1.54) is 14.9 Å². The summed E-state index contributed by atoms with van der Waals surface area (Å²) in [5.74, 6) is -0.145. The largest absolute Gasteiger partial charge is 0.360 e. The Bertz CT molecular complexity index is 1360. The number of carbonyl (C=O) groups excluding carboxylic acids is 1. The van der Waals surface area contributed by atoms with Crippen LogP contribution in [0.1, 0.15) is 39.4 Å². The Hall–Kier alpha value is -3.24. The Morgan fingerprint density at radius 2 is 1.85 bits per heavy atom. The lowest BCUT2D eigenvalue weighted by Gasteiger charge is -2.22. The summed E-state index contributed by atoms with van der Waals surface area (Å²) in [5, 5.41) is 3.75. The van der Waals surface area contributed by atoms with Crippen molar-refractivity contribution in [1.82, 2.24) is 18.9 Å². The summed E-state index contributed by atoms with van der Waals surface area (Å²) < 4.78 is 34.2. The summed E-state index contributed by atoms with van der Waals surface area (Å²) >= 11 is 0. The van der Waals surface area contributed by atoms with Gasteiger partial charge in [0.2, 0.25) is 10.0 Å². The van der Waals surface area contributed by atoms with Crippen LogP contribution in [0, 0.1) is 20.8 Å². The molecule has 0 unspecified atom stereocenters. The zero-order chi connectivity index (χ0) is 24.5. The molecule has 10 heteroatoms. The van der Waals surface area contributed by atoms with Gasteiger partial charge in [-0.25, -0.2) is 8.42 Å². The van der Waals surface area contributed by atoms with Crippen LogP contribution in [0.4, 0.5) is 0 Å². The van der Waals surface area contributed by atoms with Gasteiger partial charge in [0.25, 0.3) is 11.5 Å². The molecule has 0 bridgehead atoms. The maximum atomic E-state index is 13.2. The quantitative estimate of drug-likeness (QED) is 0.550. The van der Waals surface area contributed by atoms with Gasteiger partial charge in [-0.15, -0.1) is 0 Å². The van der Waals surface area contributed by atoms with Crippen molar-refractivity contribution in [1.29, 1.82) is 0 Å². The predicted octanol–water partition coefficient (Wildman–Crippen LogP) is 2.35. The molecule has 0 spiro atoms. The van der Waals surface area contributed by atoms with Crippen LogP contribution in [-0.2, 0) is 16.6 Å². The van der Waals surface area contributed by atoms with Crippen LogP contribution in [0.5, 0.6) is 0 Å². The van der Waals surface area contributed by atoms with E-state index in [1.54, 1.807) is 31.0 Å². The lowest BCUT2D eigenvalue weighted by Crippen LogP contribution is -2.40. The zero-order valence-corrected chi connectivity index (χ0v) is 20.3. The van der Waals surface area contributed by atoms with Gasteiger partial charge in [0.05, 0.1) is 6.54 Å². The maximum absolute atomic E-state index is 13.2. The molecule has 3 aromatic rings. The summed E-state index contributed by atoms with van der Waals surface area (Å²) in [4.78, 5) is 27.9. The SMILES string of the molecule is Cc1cccc(Cn2cccc(C(=O)N3CCCN(S(=O)(=O)c4c(C)noc4C)CC3)c2=O)c1. The van der Waals surface area contributed by atoms with Gasteiger partial charge in [-0.05, 0) is 44.9 Å². The number of rotatable bonds is 5. The minimum absolute atomic E-state index is 0.0781. The highest BCUT2D eigenvalue weighted by Gasteiger charge is 2.33. The average Bonchev–Trinajstić information content (AvgIpc) is 2.99. The van der Waals surface area contributed by atoms with E-state index in [9.17, 15) is 18.0 Å². The molecule has 1 amide bonds. The molecule has 1 fully saturated rings. The van der Waals surface area contributed by atoms with E-state index in [4.69, 9.17) is 4.52 Å². The number of hydrogen-bond donors (Lipinski definition) is 0. The van der Waals surface area contributed by atoms with E-state index in [0.717, 1.165) is 11.1 Å². The van der Waals surface area contributed by atoms with Gasteiger partial charge in [0.15, 0.2) is 5.76 Å². The molecule has 180 valence electrons. The minimum Gasteiger partial charge on any atom is -0.360 e. The van der Waals surface area contributed by atoms with Crippen molar-refractivity contribution >= 4 is 15.9 Å². The first-order valence-corrected chi connectivity index (χ1v) is 12.6. The van der Waals surface area contributed by atoms with Crippen LogP contribution in [-0.4, -0.2) is 59.4 Å². The van der Waals surface area contributed by atoms with Gasteiger partial charge < -0.3 is 14.0 Å². The van der Waals surface area contributed by atoms with Crippen molar-refractivity contribution in [2.24, 2.45) is 0 Å². The fraction of sp³-hybridized carbons (Fsp3) is 0.375. The summed E-state index contributed by atoms with van der Waals surface area (Å²) in [6.45, 7) is 6.45. The smallest absolute Gasteiger partial charge is 0.263 e. The molecule has 1 aliphatic heterocycles. The van der Waals surface area contributed by atoms with Crippen molar-refractivity contribution in [2.45, 2.75) is 38.6 Å². The molecule has 0 atom stereocenters. The van der Waals surface area contributed by atoms with Crippen LogP contribution >= 0.6 is 0 Å². The molecule has 0 aliphatic carbocycles. The Morgan fingerprint density at radius 3 is 2.56 bits per heavy atom. The van der Waals surface area contributed by atoms with Gasteiger partial charge in [-0.3, -0.25) is 9.59 Å². The van der Waals surface area contributed by atoms with E-state index in [0.29, 0.717) is 25.2 Å². The van der Waals surface area contributed by atoms with E-state index >= 15 is 0 Å². The summed E-state index contributed by atoms with van der Waals surface area (Å²) in [7, 11) is -3.80. The average molecular weight is 485 g/mol. The molecule has 4 rings (SSSR count). The second-order valence-corrected chi connectivity index (χ2v) is 10.4. The van der Waals surface area contributed by atoms with Crippen molar-refractivity contribution < 1.29 is 17.7 Å². The topological polar surface area (TPSA) is 106 Å². The minimum atomic E-state index is -3.80. The highest BCUT2D eigenvalue weighted by Crippen LogP contribution is 2.24. The number of pyridine rings is 1. The van der Waals surface area contributed by atoms with Gasteiger partial charge in [-0.2, -0.15) is 4.31 Å². The fourth-order valence-electron chi connectivity index (χ4n) is 4.31. The summed E-state index contributed by atoms with van der Waals surface area (Å²) in [6.07, 6.45) is 2.13. The first-order valence-electron chi connectivity index (χ1n) is 11.2. The van der Waals surface area contributed by atoms with Gasteiger partial charge in [0, 0.05) is 32.4 Å². The molecule has 34 heavy (non-hydrogen) atoms. The molecule has 1 aliphatic rings. The van der Waals surface area contributed by atoms with Crippen molar-refractivity contribution in [3.05, 3.63) is 81.1 Å². The van der Waals surface area contributed by atoms with E-state index in [2.05, 4.69) is 5.16 Å². The number of amides is 1. The molecule has 2 aromatic heterocycles. The first-order chi connectivity index (χ1) is 16.2. The van der Waals surface area contributed by atoms with Crippen molar-refractivity contribution in [2.75, 3.05) is 26.2 Å². The van der Waals surface area contributed by atoms with Crippen molar-refractivity contribution in [3.8, 4) is 0 Å². The van der Waals surface area contributed by atoms with E-state index in [1.807, 2.05) is 31.2 Å². The fourth-order valence-corrected chi connectivity index (χ4v) is 6.07. The normalized spacial score (nSPS) is 15.3. The molecule has 9 nitrogen and oxygen atoms in total. The third kappa shape index (κ3) is 4.69. The molecule has 0 saturated carbocycles. The maximum Gasteiger partial charge on any atom is 0.263 e. The number of aryl methyl sites for hydroxylation is 3. The highest BCUT2D eigenvalue weighted by atomic mass is 32.2. The molecular formula is C24H28N4O5S. The van der Waals surface area contributed by atoms with Crippen molar-refractivity contribution in [3.63, 3.8) is 0 Å². The first kappa shape index (κ1) is 23.9. The molecule has 1 aromatic carbocycles. The van der Waals surface area contributed by atoms with Crippen LogP contribution in [0.25, 0.3) is 0 Å². The Labute approximate surface area is 198 Å². The lowest BCUT2D eigenvalue weighted by atomic mass is 10.1. The monoisotopic (exact) mass is 484 g/mol. The molecule has 3 heterocycles. The Morgan fingerprint density at radius 1 is 1.06 bits per heavy atom. The zero-order valence-electron chi connectivity index (χ0n) is 19.5. The number of hydrogen-bond acceptors (Lipinski definition) is 6. The Balaban J connectivity index is 1.52. The van der Waals surface area contributed by atoms with Crippen LogP contribution in [0.2, 0.25) is 0 Å². The standard InChI is InChI=1S/C24H28N4O5S/c1-17-7-4-8-20(15-17)16-27-10-5-9-21(24(27)30)23(29)26-11-6-12-28(14-13-26)34(31,32)22-18(2)25-33-19(22)3/h4-5,7-10,15H,6,11-14,16H2,1-3H3. The Kier molecular flexibility index (Phi) is 6.72. The second-order valence-electron chi connectivity index (χ2n) is 8.55. The van der Waals surface area contributed by atoms with Crippen LogP contribution < -0.4 is 5.56 Å². The van der Waals surface area contributed by atoms with E-state index in [-0.39, 0.29) is 47.3 Å². The summed E-state index contributed by atoms with van der Waals surface area (Å²) in [6, 6.07) is 11.1. The molecule has 1 saturated heterocycles. The number of nitrogens with zero attached hydrogens (tertiary/aromatic N) is 4. The van der Waals surface area contributed by atoms with Gasteiger partial charge in [0.1, 0.15) is 16.2 Å². The third-order valence-corrected chi connectivity index (χ3v) is 8.14. The molecular weight excluding hydrogens is 456 g/mol. The summed E-state index contributed by atoms with van der Waals surface area (Å²) in [5.41, 5.74) is 2.10. The van der Waals surface area contributed by atoms with E-state index < -0.39 is 10.0 Å². The number of carbonyl (C=O) groups is 1. The van der Waals surface area contributed by atoms with Gasteiger partial charge in [-0.1, -0.05) is 35.0 Å². The number of aromatic nitrogens is 2. The second kappa shape index (κ2) is 9.55. The van der Waals surface area contributed by atoms with Crippen LogP contribution in [0.3, 0.4) is 0 Å². The highest BCUT2D eigenvalue weighted by molar-refractivity contribution is 7.89. The lowest BCUT2D eigenvalue weighted by molar-refractivity contribution is 0.0761. The molecule has 0 N–H and O–H groups in total. The number of sulfonamides is 1. The molecule has 0 radical (unpaired) electrons. The number of benzene rings is 1. The van der Waals surface area contributed by atoms with Gasteiger partial charge >= 0.3 is 0 Å².